The van der Waals surface area contributed by atoms with Crippen LogP contribution in [0.5, 0.6) is 0 Å². The van der Waals surface area contributed by atoms with Crippen molar-refractivity contribution in [2.75, 3.05) is 26.2 Å². The second-order valence-corrected chi connectivity index (χ2v) is 7.24. The Labute approximate surface area is 133 Å². The Morgan fingerprint density at radius 2 is 1.91 bits per heavy atom. The molecule has 0 bridgehead atoms. The number of amides is 1. The molecular weight excluding hydrogens is 276 g/mol. The molecule has 5 heteroatoms. The van der Waals surface area contributed by atoms with Crippen LogP contribution < -0.4 is 0 Å². The molecule has 0 aromatic rings. The highest BCUT2D eigenvalue weighted by Crippen LogP contribution is 2.30. The number of hydrogen-bond acceptors (Lipinski definition) is 4. The number of carbonyl (C=O) groups is 1. The molecule has 1 saturated carbocycles. The third-order valence-electron chi connectivity index (χ3n) is 5.39. The first kappa shape index (κ1) is 15.8. The topological polar surface area (TPSA) is 50.6 Å². The molecule has 5 nitrogen and oxygen atoms in total. The van der Waals surface area contributed by atoms with Crippen LogP contribution in [0, 0.1) is 11.3 Å². The van der Waals surface area contributed by atoms with Crippen LogP contribution in [0.25, 0.3) is 0 Å². The van der Waals surface area contributed by atoms with Crippen LogP contribution in [-0.4, -0.2) is 71.0 Å². The summed E-state index contributed by atoms with van der Waals surface area (Å²) in [5, 5.41) is 9.45. The molecule has 0 unspecified atom stereocenters. The molecule has 2 aliphatic heterocycles. The highest BCUT2D eigenvalue weighted by atomic mass is 16.2. The van der Waals surface area contributed by atoms with Crippen molar-refractivity contribution in [3.63, 3.8) is 0 Å². The minimum Gasteiger partial charge on any atom is -0.337 e. The maximum absolute atomic E-state index is 13.0. The van der Waals surface area contributed by atoms with Crippen molar-refractivity contribution in [2.45, 2.75) is 70.1 Å². The van der Waals surface area contributed by atoms with Gasteiger partial charge in [0.2, 0.25) is 5.91 Å². The number of rotatable bonds is 3. The van der Waals surface area contributed by atoms with E-state index in [4.69, 9.17) is 0 Å². The van der Waals surface area contributed by atoms with Gasteiger partial charge in [-0.2, -0.15) is 5.26 Å². The molecule has 3 fully saturated rings. The van der Waals surface area contributed by atoms with Gasteiger partial charge < -0.3 is 4.90 Å². The molecule has 0 radical (unpaired) electrons. The molecular formula is C17H28N4O. The summed E-state index contributed by atoms with van der Waals surface area (Å²) in [7, 11) is 0. The van der Waals surface area contributed by atoms with Gasteiger partial charge in [0, 0.05) is 31.7 Å². The summed E-state index contributed by atoms with van der Waals surface area (Å²) in [5.41, 5.74) is 0. The maximum Gasteiger partial charge on any atom is 0.240 e. The van der Waals surface area contributed by atoms with Gasteiger partial charge in [-0.3, -0.25) is 14.6 Å². The quantitative estimate of drug-likeness (QED) is 0.792. The number of piperazine rings is 1. The second-order valence-electron chi connectivity index (χ2n) is 7.24. The minimum atomic E-state index is -0.110. The monoisotopic (exact) mass is 304 g/mol. The van der Waals surface area contributed by atoms with Crippen LogP contribution in [0.15, 0.2) is 0 Å². The molecule has 3 aliphatic rings. The summed E-state index contributed by atoms with van der Waals surface area (Å²) < 4.78 is 0. The largest absolute Gasteiger partial charge is 0.337 e. The third-order valence-corrected chi connectivity index (χ3v) is 5.39. The molecule has 0 aromatic heterocycles. The minimum absolute atomic E-state index is 0.0283. The number of piperidine rings is 1. The van der Waals surface area contributed by atoms with E-state index in [1.807, 2.05) is 4.90 Å². The van der Waals surface area contributed by atoms with Crippen LogP contribution in [-0.2, 0) is 4.79 Å². The van der Waals surface area contributed by atoms with Gasteiger partial charge in [0.25, 0.3) is 0 Å². The van der Waals surface area contributed by atoms with E-state index in [-0.39, 0.29) is 18.0 Å². The standard InChI is InChI=1S/C17H28N4O/c1-13(2)20-8-4-3-5-16(20)17(22)19-9-10-21(14-6-7-14)15(11-18)12-19/h13-16H,3-10,12H2,1-2H3/t15-,16-/m0/s1. The number of nitrogens with zero attached hydrogens (tertiary/aromatic N) is 4. The summed E-state index contributed by atoms with van der Waals surface area (Å²) >= 11 is 0. The molecule has 2 saturated heterocycles. The lowest BCUT2D eigenvalue weighted by atomic mass is 9.98. The molecule has 22 heavy (non-hydrogen) atoms. The predicted octanol–water partition coefficient (Wildman–Crippen LogP) is 1.45. The Hall–Kier alpha value is -1.12. The summed E-state index contributed by atoms with van der Waals surface area (Å²) in [6.07, 6.45) is 5.74. The van der Waals surface area contributed by atoms with Gasteiger partial charge >= 0.3 is 0 Å². The highest BCUT2D eigenvalue weighted by molar-refractivity contribution is 5.82. The fourth-order valence-corrected chi connectivity index (χ4v) is 4.00. The van der Waals surface area contributed by atoms with Crippen molar-refractivity contribution < 1.29 is 4.79 Å². The Morgan fingerprint density at radius 3 is 2.55 bits per heavy atom. The summed E-state index contributed by atoms with van der Waals surface area (Å²) in [6, 6.07) is 3.35. The fraction of sp³-hybridized carbons (Fsp3) is 0.882. The first-order valence-electron chi connectivity index (χ1n) is 8.81. The summed E-state index contributed by atoms with van der Waals surface area (Å²) in [5.74, 6) is 0.254. The van der Waals surface area contributed by atoms with E-state index in [9.17, 15) is 10.1 Å². The average molecular weight is 304 g/mol. The van der Waals surface area contributed by atoms with Crippen molar-refractivity contribution in [1.29, 1.82) is 5.26 Å². The molecule has 122 valence electrons. The van der Waals surface area contributed by atoms with E-state index >= 15 is 0 Å². The SMILES string of the molecule is CC(C)N1CCCC[C@H]1C(=O)N1CCN(C2CC2)[C@@H](C#N)C1. The molecule has 2 heterocycles. The van der Waals surface area contributed by atoms with E-state index in [0.717, 1.165) is 32.5 Å². The molecule has 1 aliphatic carbocycles. The highest BCUT2D eigenvalue weighted by Gasteiger charge is 2.41. The van der Waals surface area contributed by atoms with Crippen molar-refractivity contribution in [1.82, 2.24) is 14.7 Å². The molecule has 0 N–H and O–H groups in total. The average Bonchev–Trinajstić information content (AvgIpc) is 3.38. The Bertz CT molecular complexity index is 454. The Morgan fingerprint density at radius 1 is 1.14 bits per heavy atom. The van der Waals surface area contributed by atoms with Gasteiger partial charge in [-0.05, 0) is 46.1 Å². The Balaban J connectivity index is 1.65. The first-order valence-corrected chi connectivity index (χ1v) is 8.81. The molecule has 1 amide bonds. The van der Waals surface area contributed by atoms with Crippen molar-refractivity contribution in [2.24, 2.45) is 0 Å². The van der Waals surface area contributed by atoms with Gasteiger partial charge in [0.05, 0.1) is 12.1 Å². The van der Waals surface area contributed by atoms with Crippen molar-refractivity contribution >= 4 is 5.91 Å². The summed E-state index contributed by atoms with van der Waals surface area (Å²) in [4.78, 5) is 19.6. The fourth-order valence-electron chi connectivity index (χ4n) is 4.00. The van der Waals surface area contributed by atoms with Gasteiger partial charge in [-0.25, -0.2) is 0 Å². The normalized spacial score (nSPS) is 31.3. The maximum atomic E-state index is 13.0. The van der Waals surface area contributed by atoms with Crippen LogP contribution in [0.3, 0.4) is 0 Å². The smallest absolute Gasteiger partial charge is 0.240 e. The lowest BCUT2D eigenvalue weighted by Gasteiger charge is -2.43. The zero-order valence-corrected chi connectivity index (χ0v) is 13.9. The van der Waals surface area contributed by atoms with Gasteiger partial charge in [-0.15, -0.1) is 0 Å². The van der Waals surface area contributed by atoms with Crippen molar-refractivity contribution in [3.05, 3.63) is 0 Å². The van der Waals surface area contributed by atoms with Crippen LogP contribution in [0.4, 0.5) is 0 Å². The van der Waals surface area contributed by atoms with E-state index in [1.165, 1.54) is 19.3 Å². The van der Waals surface area contributed by atoms with Gasteiger partial charge in [0.1, 0.15) is 6.04 Å². The van der Waals surface area contributed by atoms with E-state index < -0.39 is 0 Å². The van der Waals surface area contributed by atoms with Gasteiger partial charge in [-0.1, -0.05) is 6.42 Å². The van der Waals surface area contributed by atoms with Crippen LogP contribution in [0.2, 0.25) is 0 Å². The zero-order chi connectivity index (χ0) is 15.7. The van der Waals surface area contributed by atoms with E-state index in [2.05, 4.69) is 29.7 Å². The van der Waals surface area contributed by atoms with E-state index in [0.29, 0.717) is 18.6 Å². The first-order chi connectivity index (χ1) is 10.6. The molecule has 0 aromatic carbocycles. The number of hydrogen-bond donors (Lipinski definition) is 0. The van der Waals surface area contributed by atoms with Crippen LogP contribution >= 0.6 is 0 Å². The number of carbonyl (C=O) groups excluding carboxylic acids is 1. The number of likely N-dealkylation sites (tertiary alicyclic amines) is 1. The second kappa shape index (κ2) is 6.55. The lowest BCUT2D eigenvalue weighted by molar-refractivity contribution is -0.141. The molecule has 2 atom stereocenters. The molecule has 0 spiro atoms. The number of nitriles is 1. The van der Waals surface area contributed by atoms with E-state index in [1.54, 1.807) is 0 Å². The lowest BCUT2D eigenvalue weighted by Crippen LogP contribution is -2.60. The van der Waals surface area contributed by atoms with Crippen molar-refractivity contribution in [3.8, 4) is 6.07 Å². The van der Waals surface area contributed by atoms with Crippen LogP contribution in [0.1, 0.15) is 46.0 Å². The van der Waals surface area contributed by atoms with Gasteiger partial charge in [0.15, 0.2) is 0 Å². The molecule has 3 rings (SSSR count). The zero-order valence-electron chi connectivity index (χ0n) is 13.9. The summed E-state index contributed by atoms with van der Waals surface area (Å²) in [6.45, 7) is 7.62. The predicted molar refractivity (Wildman–Crippen MR) is 85.2 cm³/mol. The Kier molecular flexibility index (Phi) is 4.70. The third kappa shape index (κ3) is 3.13.